The lowest BCUT2D eigenvalue weighted by molar-refractivity contribution is 0.0886. The van der Waals surface area contributed by atoms with Crippen molar-refractivity contribution in [3.63, 3.8) is 0 Å². The van der Waals surface area contributed by atoms with Crippen molar-refractivity contribution in [3.8, 4) is 0 Å². The molecule has 4 nitrogen and oxygen atoms in total. The normalized spacial score (nSPS) is 13.5. The Hall–Kier alpha value is -0.870. The fourth-order valence-electron chi connectivity index (χ4n) is 1.12. The van der Waals surface area contributed by atoms with E-state index in [1.807, 2.05) is 6.92 Å². The van der Waals surface area contributed by atoms with Gasteiger partial charge in [0.05, 0.1) is 18.5 Å². The van der Waals surface area contributed by atoms with Crippen LogP contribution >= 0.6 is 0 Å². The Labute approximate surface area is 65.1 Å². The minimum absolute atomic E-state index is 0.264. The first-order valence-electron chi connectivity index (χ1n) is 3.44. The highest BCUT2D eigenvalue weighted by Gasteiger charge is 2.12. The molecule has 11 heavy (non-hydrogen) atoms. The van der Waals surface area contributed by atoms with Crippen LogP contribution in [0.5, 0.6) is 0 Å². The van der Waals surface area contributed by atoms with Crippen LogP contribution in [0.25, 0.3) is 0 Å². The molecule has 0 bridgehead atoms. The van der Waals surface area contributed by atoms with E-state index in [9.17, 15) is 5.11 Å². The SMILES string of the molecule is Cc1cnn(C)c1C(O)CO. The minimum atomic E-state index is -0.817. The zero-order chi connectivity index (χ0) is 8.43. The Morgan fingerprint density at radius 2 is 2.36 bits per heavy atom. The molecular weight excluding hydrogens is 144 g/mol. The molecule has 1 unspecified atom stereocenters. The number of aliphatic hydroxyl groups is 2. The van der Waals surface area contributed by atoms with Crippen molar-refractivity contribution in [2.24, 2.45) is 7.05 Å². The third kappa shape index (κ3) is 1.41. The van der Waals surface area contributed by atoms with Crippen molar-refractivity contribution < 1.29 is 10.2 Å². The Morgan fingerprint density at radius 3 is 2.73 bits per heavy atom. The van der Waals surface area contributed by atoms with Gasteiger partial charge in [0.15, 0.2) is 0 Å². The van der Waals surface area contributed by atoms with Gasteiger partial charge in [0, 0.05) is 7.05 Å². The lowest BCUT2D eigenvalue weighted by Crippen LogP contribution is -2.09. The second kappa shape index (κ2) is 3.02. The zero-order valence-corrected chi connectivity index (χ0v) is 6.65. The molecule has 0 aliphatic carbocycles. The van der Waals surface area contributed by atoms with Crippen LogP contribution < -0.4 is 0 Å². The molecule has 0 fully saturated rings. The average molecular weight is 156 g/mol. The predicted molar refractivity (Wildman–Crippen MR) is 40.0 cm³/mol. The van der Waals surface area contributed by atoms with E-state index in [1.54, 1.807) is 17.9 Å². The van der Waals surface area contributed by atoms with Crippen LogP contribution in [0.15, 0.2) is 6.20 Å². The number of aliphatic hydroxyl groups excluding tert-OH is 2. The summed E-state index contributed by atoms with van der Waals surface area (Å²) in [5.74, 6) is 0. The molecule has 1 aromatic heterocycles. The van der Waals surface area contributed by atoms with Crippen molar-refractivity contribution in [3.05, 3.63) is 17.5 Å². The van der Waals surface area contributed by atoms with E-state index in [4.69, 9.17) is 5.11 Å². The highest BCUT2D eigenvalue weighted by Crippen LogP contribution is 2.14. The topological polar surface area (TPSA) is 58.3 Å². The predicted octanol–water partition coefficient (Wildman–Crippen LogP) is -0.246. The van der Waals surface area contributed by atoms with E-state index in [1.165, 1.54) is 0 Å². The molecular formula is C7H12N2O2. The van der Waals surface area contributed by atoms with E-state index >= 15 is 0 Å². The van der Waals surface area contributed by atoms with Crippen molar-refractivity contribution in [1.82, 2.24) is 9.78 Å². The maximum Gasteiger partial charge on any atom is 0.119 e. The molecule has 0 spiro atoms. The van der Waals surface area contributed by atoms with Crippen molar-refractivity contribution in [2.75, 3.05) is 6.61 Å². The second-order valence-electron chi connectivity index (χ2n) is 2.53. The molecule has 62 valence electrons. The molecule has 0 amide bonds. The summed E-state index contributed by atoms with van der Waals surface area (Å²) in [6, 6.07) is 0. The summed E-state index contributed by atoms with van der Waals surface area (Å²) in [5, 5.41) is 21.9. The van der Waals surface area contributed by atoms with Gasteiger partial charge in [-0.3, -0.25) is 4.68 Å². The van der Waals surface area contributed by atoms with E-state index in [-0.39, 0.29) is 6.61 Å². The maximum atomic E-state index is 9.27. The third-order valence-corrected chi connectivity index (χ3v) is 1.67. The van der Waals surface area contributed by atoms with Gasteiger partial charge in [0.1, 0.15) is 6.10 Å². The van der Waals surface area contributed by atoms with Crippen LogP contribution in [0, 0.1) is 6.92 Å². The highest BCUT2D eigenvalue weighted by atomic mass is 16.3. The summed E-state index contributed by atoms with van der Waals surface area (Å²) in [5.41, 5.74) is 1.57. The van der Waals surface area contributed by atoms with Gasteiger partial charge >= 0.3 is 0 Å². The molecule has 0 aromatic carbocycles. The van der Waals surface area contributed by atoms with Crippen LogP contribution in [0.3, 0.4) is 0 Å². The minimum Gasteiger partial charge on any atom is -0.393 e. The number of hydrogen-bond acceptors (Lipinski definition) is 3. The molecule has 0 aliphatic heterocycles. The molecule has 0 saturated heterocycles. The van der Waals surface area contributed by atoms with Crippen molar-refractivity contribution >= 4 is 0 Å². The molecule has 0 aliphatic rings. The molecule has 1 rings (SSSR count). The maximum absolute atomic E-state index is 9.27. The fraction of sp³-hybridized carbons (Fsp3) is 0.571. The number of aryl methyl sites for hydroxylation is 2. The summed E-state index contributed by atoms with van der Waals surface area (Å²) < 4.78 is 1.57. The van der Waals surface area contributed by atoms with Gasteiger partial charge < -0.3 is 10.2 Å². The molecule has 1 heterocycles. The Bertz CT molecular complexity index is 225. The first kappa shape index (κ1) is 8.23. The van der Waals surface area contributed by atoms with Crippen LogP contribution in [0.2, 0.25) is 0 Å². The monoisotopic (exact) mass is 156 g/mol. The second-order valence-corrected chi connectivity index (χ2v) is 2.53. The summed E-state index contributed by atoms with van der Waals surface area (Å²) in [6.07, 6.45) is 0.844. The summed E-state index contributed by atoms with van der Waals surface area (Å²) in [7, 11) is 1.74. The number of nitrogens with zero attached hydrogens (tertiary/aromatic N) is 2. The number of aromatic nitrogens is 2. The van der Waals surface area contributed by atoms with E-state index in [0.29, 0.717) is 5.69 Å². The first-order chi connectivity index (χ1) is 5.16. The quantitative estimate of drug-likeness (QED) is 0.621. The molecule has 4 heteroatoms. The van der Waals surface area contributed by atoms with E-state index in [2.05, 4.69) is 5.10 Å². The van der Waals surface area contributed by atoms with Gasteiger partial charge in [0.2, 0.25) is 0 Å². The van der Waals surface area contributed by atoms with Crippen molar-refractivity contribution in [2.45, 2.75) is 13.0 Å². The zero-order valence-electron chi connectivity index (χ0n) is 6.65. The van der Waals surface area contributed by atoms with Gasteiger partial charge in [-0.15, -0.1) is 0 Å². The van der Waals surface area contributed by atoms with Gasteiger partial charge in [-0.05, 0) is 12.5 Å². The van der Waals surface area contributed by atoms with Gasteiger partial charge in [-0.2, -0.15) is 5.10 Å². The van der Waals surface area contributed by atoms with Gasteiger partial charge in [-0.25, -0.2) is 0 Å². The van der Waals surface area contributed by atoms with Crippen LogP contribution in [0.4, 0.5) is 0 Å². The standard InChI is InChI=1S/C7H12N2O2/c1-5-3-8-9(2)7(5)6(11)4-10/h3,6,10-11H,4H2,1-2H3. The third-order valence-electron chi connectivity index (χ3n) is 1.67. The Kier molecular flexibility index (Phi) is 2.26. The molecule has 0 radical (unpaired) electrons. The van der Waals surface area contributed by atoms with Crippen molar-refractivity contribution in [1.29, 1.82) is 0 Å². The van der Waals surface area contributed by atoms with Gasteiger partial charge in [0.25, 0.3) is 0 Å². The lowest BCUT2D eigenvalue weighted by atomic mass is 10.2. The molecule has 1 aromatic rings. The molecule has 2 N–H and O–H groups in total. The Morgan fingerprint density at radius 1 is 1.73 bits per heavy atom. The van der Waals surface area contributed by atoms with Crippen LogP contribution in [0.1, 0.15) is 17.4 Å². The smallest absolute Gasteiger partial charge is 0.119 e. The Balaban J connectivity index is 3.00. The largest absolute Gasteiger partial charge is 0.393 e. The summed E-state index contributed by atoms with van der Waals surface area (Å²) >= 11 is 0. The fourth-order valence-corrected chi connectivity index (χ4v) is 1.12. The number of rotatable bonds is 2. The first-order valence-corrected chi connectivity index (χ1v) is 3.44. The average Bonchev–Trinajstić information content (AvgIpc) is 2.30. The molecule has 0 saturated carbocycles. The molecule has 1 atom stereocenters. The van der Waals surface area contributed by atoms with E-state index in [0.717, 1.165) is 5.56 Å². The lowest BCUT2D eigenvalue weighted by Gasteiger charge is -2.08. The summed E-state index contributed by atoms with van der Waals surface area (Å²) in [6.45, 7) is 1.58. The van der Waals surface area contributed by atoms with Crippen LogP contribution in [-0.2, 0) is 7.05 Å². The van der Waals surface area contributed by atoms with Gasteiger partial charge in [-0.1, -0.05) is 0 Å². The van der Waals surface area contributed by atoms with Crippen LogP contribution in [-0.4, -0.2) is 26.6 Å². The van der Waals surface area contributed by atoms with E-state index < -0.39 is 6.10 Å². The number of hydrogen-bond donors (Lipinski definition) is 2. The summed E-state index contributed by atoms with van der Waals surface area (Å²) in [4.78, 5) is 0. The highest BCUT2D eigenvalue weighted by molar-refractivity contribution is 5.17.